The maximum Gasteiger partial charge on any atom is 0.262 e. The summed E-state index contributed by atoms with van der Waals surface area (Å²) >= 11 is 0. The number of para-hydroxylation sites is 1. The third-order valence-corrected chi connectivity index (χ3v) is 9.94. The van der Waals surface area contributed by atoms with E-state index in [0.717, 1.165) is 97.1 Å². The topological polar surface area (TPSA) is 152 Å². The van der Waals surface area contributed by atoms with Crippen molar-refractivity contribution in [3.8, 4) is 11.3 Å². The molecule has 0 spiro atoms. The van der Waals surface area contributed by atoms with Crippen LogP contribution >= 0.6 is 0 Å². The molecule has 13 heteroatoms. The van der Waals surface area contributed by atoms with Gasteiger partial charge in [-0.15, -0.1) is 0 Å². The predicted molar refractivity (Wildman–Crippen MR) is 176 cm³/mol. The number of carbonyl (C=O) groups excluding carboxylic acids is 4. The van der Waals surface area contributed by atoms with Gasteiger partial charge < -0.3 is 15.0 Å². The molecule has 4 amide bonds. The van der Waals surface area contributed by atoms with Crippen molar-refractivity contribution in [2.45, 2.75) is 50.6 Å². The number of ether oxygens (including phenoxy) is 1. The van der Waals surface area contributed by atoms with E-state index in [0.29, 0.717) is 12.0 Å². The van der Waals surface area contributed by atoms with Gasteiger partial charge in [-0.05, 0) is 68.4 Å². The number of rotatable bonds is 9. The first kappa shape index (κ1) is 30.2. The lowest BCUT2D eigenvalue weighted by Gasteiger charge is -2.35. The molecule has 13 nitrogen and oxygen atoms in total. The van der Waals surface area contributed by atoms with Crippen LogP contribution in [0.3, 0.4) is 0 Å². The van der Waals surface area contributed by atoms with E-state index in [1.165, 1.54) is 0 Å². The molecule has 48 heavy (non-hydrogen) atoms. The molecule has 0 bridgehead atoms. The number of nitrogens with one attached hydrogen (secondary N) is 2. The first-order valence-electron chi connectivity index (χ1n) is 16.7. The normalized spacial score (nSPS) is 22.5. The molecule has 2 aromatic carbocycles. The molecule has 2 saturated heterocycles. The van der Waals surface area contributed by atoms with Gasteiger partial charge in [-0.3, -0.25) is 39.1 Å². The highest BCUT2D eigenvalue weighted by atomic mass is 16.5. The minimum atomic E-state index is -0.965. The Kier molecular flexibility index (Phi) is 7.83. The molecule has 2 aromatic heterocycles. The molecule has 246 valence electrons. The van der Waals surface area contributed by atoms with Crippen LogP contribution in [-0.2, 0) is 14.3 Å². The van der Waals surface area contributed by atoms with Gasteiger partial charge in [0.1, 0.15) is 11.6 Å². The lowest BCUT2D eigenvalue weighted by Crippen LogP contribution is -2.54. The minimum Gasteiger partial charge on any atom is -0.385 e. The third kappa shape index (κ3) is 5.57. The van der Waals surface area contributed by atoms with Crippen molar-refractivity contribution in [3.05, 3.63) is 66.1 Å². The van der Waals surface area contributed by atoms with Gasteiger partial charge in [-0.1, -0.05) is 6.07 Å². The molecule has 1 atom stereocenters. The summed E-state index contributed by atoms with van der Waals surface area (Å²) in [5.41, 5.74) is 5.97. The van der Waals surface area contributed by atoms with Crippen molar-refractivity contribution in [1.29, 1.82) is 0 Å². The SMILES string of the molecule is O=C1CCC(N2C(=O)c3ccc(NCCC[C@H]4C[C@H](n5cc(-c6cnc7c(N8CCOCC8)cccc7n6)cn5)C4)cc3C2=O)C(=O)N1. The number of piperidine rings is 1. The zero-order valence-corrected chi connectivity index (χ0v) is 26.4. The van der Waals surface area contributed by atoms with Gasteiger partial charge in [0, 0.05) is 43.5 Å². The van der Waals surface area contributed by atoms with Gasteiger partial charge in [0.05, 0.1) is 59.7 Å². The van der Waals surface area contributed by atoms with Gasteiger partial charge in [-0.2, -0.15) is 5.10 Å². The third-order valence-electron chi connectivity index (χ3n) is 9.94. The van der Waals surface area contributed by atoms with Crippen molar-refractivity contribution in [2.75, 3.05) is 43.1 Å². The summed E-state index contributed by atoms with van der Waals surface area (Å²) in [7, 11) is 0. The van der Waals surface area contributed by atoms with E-state index in [9.17, 15) is 19.2 Å². The molecule has 0 radical (unpaired) electrons. The maximum absolute atomic E-state index is 13.1. The van der Waals surface area contributed by atoms with Gasteiger partial charge in [0.2, 0.25) is 11.8 Å². The van der Waals surface area contributed by atoms with Crippen molar-refractivity contribution in [2.24, 2.45) is 5.92 Å². The van der Waals surface area contributed by atoms with E-state index in [-0.39, 0.29) is 24.0 Å². The fourth-order valence-electron chi connectivity index (χ4n) is 7.25. The van der Waals surface area contributed by atoms with E-state index >= 15 is 0 Å². The number of hydrogen-bond donors (Lipinski definition) is 2. The number of benzene rings is 2. The Bertz CT molecular complexity index is 1930. The van der Waals surface area contributed by atoms with E-state index in [4.69, 9.17) is 14.7 Å². The Morgan fingerprint density at radius 1 is 0.979 bits per heavy atom. The second-order valence-corrected chi connectivity index (χ2v) is 13.0. The number of aromatic nitrogens is 4. The number of imide groups is 2. The first-order chi connectivity index (χ1) is 23.4. The van der Waals surface area contributed by atoms with Crippen LogP contribution in [0.15, 0.2) is 55.0 Å². The molecular formula is C35H36N8O5. The molecular weight excluding hydrogens is 612 g/mol. The maximum atomic E-state index is 13.1. The number of amides is 4. The van der Waals surface area contributed by atoms with Crippen molar-refractivity contribution in [3.63, 3.8) is 0 Å². The number of carbonyl (C=O) groups is 4. The van der Waals surface area contributed by atoms with Crippen molar-refractivity contribution < 1.29 is 23.9 Å². The minimum absolute atomic E-state index is 0.0961. The van der Waals surface area contributed by atoms with E-state index in [1.807, 2.05) is 24.5 Å². The molecule has 3 fully saturated rings. The lowest BCUT2D eigenvalue weighted by molar-refractivity contribution is -0.136. The Morgan fingerprint density at radius 3 is 2.65 bits per heavy atom. The summed E-state index contributed by atoms with van der Waals surface area (Å²) in [6, 6.07) is 10.6. The monoisotopic (exact) mass is 648 g/mol. The van der Waals surface area contributed by atoms with Crippen molar-refractivity contribution in [1.82, 2.24) is 30.0 Å². The Labute approximate surface area is 276 Å². The zero-order chi connectivity index (χ0) is 32.8. The molecule has 1 saturated carbocycles. The molecule has 1 aliphatic carbocycles. The fraction of sp³-hybridized carbons (Fsp3) is 0.400. The average molecular weight is 649 g/mol. The molecule has 1 unspecified atom stereocenters. The number of morpholine rings is 1. The van der Waals surface area contributed by atoms with Gasteiger partial charge in [-0.25, -0.2) is 4.98 Å². The summed E-state index contributed by atoms with van der Waals surface area (Å²) in [5.74, 6) is -1.38. The van der Waals surface area contributed by atoms with Crippen LogP contribution in [0.4, 0.5) is 11.4 Å². The highest BCUT2D eigenvalue weighted by molar-refractivity contribution is 6.23. The van der Waals surface area contributed by atoms with Crippen LogP contribution in [0, 0.1) is 5.92 Å². The van der Waals surface area contributed by atoms with Crippen LogP contribution in [-0.4, -0.2) is 87.2 Å². The standard InChI is InChI=1S/C35H36N8O5/c44-31-9-8-30(33(45)40-31)43-34(46)25-7-6-23(17-26(25)35(43)47)36-10-2-3-21-15-24(16-21)42-20-22(18-38-42)28-19-37-32-27(39-28)4-1-5-29(32)41-11-13-48-14-12-41/h1,4-7,17-21,24,30,36H,2-3,8-16H2,(H,40,44,45)/t21-,24-,30?. The molecule has 3 aliphatic heterocycles. The molecule has 8 rings (SSSR count). The summed E-state index contributed by atoms with van der Waals surface area (Å²) < 4.78 is 7.57. The van der Waals surface area contributed by atoms with Crippen LogP contribution in [0.5, 0.6) is 0 Å². The van der Waals surface area contributed by atoms with Crippen LogP contribution in [0.2, 0.25) is 0 Å². The quantitative estimate of drug-likeness (QED) is 0.204. The van der Waals surface area contributed by atoms with Gasteiger partial charge in [0.25, 0.3) is 11.8 Å². The Hall–Kier alpha value is -5.17. The summed E-state index contributed by atoms with van der Waals surface area (Å²) in [4.78, 5) is 62.9. The van der Waals surface area contributed by atoms with Crippen LogP contribution in [0.25, 0.3) is 22.3 Å². The molecule has 2 N–H and O–H groups in total. The first-order valence-corrected chi connectivity index (χ1v) is 16.7. The van der Waals surface area contributed by atoms with Crippen molar-refractivity contribution >= 4 is 46.0 Å². The smallest absolute Gasteiger partial charge is 0.262 e. The van der Waals surface area contributed by atoms with Crippen LogP contribution < -0.4 is 15.5 Å². The molecule has 5 heterocycles. The second kappa shape index (κ2) is 12.5. The average Bonchev–Trinajstić information content (AvgIpc) is 3.66. The van der Waals surface area contributed by atoms with Gasteiger partial charge >= 0.3 is 0 Å². The summed E-state index contributed by atoms with van der Waals surface area (Å²) in [6.07, 6.45) is 10.2. The number of hydrogen-bond acceptors (Lipinski definition) is 10. The number of nitrogens with zero attached hydrogens (tertiary/aromatic N) is 6. The van der Waals surface area contributed by atoms with Gasteiger partial charge in [0.15, 0.2) is 0 Å². The largest absolute Gasteiger partial charge is 0.385 e. The molecule has 4 aliphatic rings. The van der Waals surface area contributed by atoms with E-state index < -0.39 is 29.7 Å². The van der Waals surface area contributed by atoms with E-state index in [1.54, 1.807) is 18.2 Å². The fourth-order valence-corrected chi connectivity index (χ4v) is 7.25. The summed E-state index contributed by atoms with van der Waals surface area (Å²) in [6.45, 7) is 3.88. The lowest BCUT2D eigenvalue weighted by atomic mass is 9.77. The highest BCUT2D eigenvalue weighted by Crippen LogP contribution is 2.40. The highest BCUT2D eigenvalue weighted by Gasteiger charge is 2.44. The summed E-state index contributed by atoms with van der Waals surface area (Å²) in [5, 5.41) is 10.3. The Balaban J connectivity index is 0.820. The van der Waals surface area contributed by atoms with Crippen LogP contribution in [0.1, 0.15) is 65.3 Å². The second-order valence-electron chi connectivity index (χ2n) is 13.0. The molecule has 4 aromatic rings. The number of fused-ring (bicyclic) bond motifs is 2. The number of anilines is 2. The zero-order valence-electron chi connectivity index (χ0n) is 26.4. The van der Waals surface area contributed by atoms with E-state index in [2.05, 4.69) is 37.6 Å². The Morgan fingerprint density at radius 2 is 1.81 bits per heavy atom. The predicted octanol–water partition coefficient (Wildman–Crippen LogP) is 3.57.